The smallest absolute Gasteiger partial charge is 0.239 e. The van der Waals surface area contributed by atoms with Gasteiger partial charge in [-0.2, -0.15) is 5.26 Å². The summed E-state index contributed by atoms with van der Waals surface area (Å²) < 4.78 is 5.20. The van der Waals surface area contributed by atoms with Crippen LogP contribution in [0.1, 0.15) is 32.3 Å². The Labute approximate surface area is 119 Å². The molecule has 0 spiro atoms. The highest BCUT2D eigenvalue weighted by atomic mass is 16.5. The van der Waals surface area contributed by atoms with Gasteiger partial charge in [-0.3, -0.25) is 4.79 Å². The molecule has 1 aromatic carbocycles. The van der Waals surface area contributed by atoms with E-state index < -0.39 is 0 Å². The zero-order valence-corrected chi connectivity index (χ0v) is 12.2. The van der Waals surface area contributed by atoms with E-state index in [9.17, 15) is 4.79 Å². The minimum absolute atomic E-state index is 0.0508. The van der Waals surface area contributed by atoms with Crippen LogP contribution >= 0.6 is 0 Å². The Bertz CT molecular complexity index is 490. The predicted molar refractivity (Wildman–Crippen MR) is 78.7 cm³/mol. The number of nitrogens with zero attached hydrogens (tertiary/aromatic N) is 1. The van der Waals surface area contributed by atoms with Gasteiger partial charge in [-0.15, -0.1) is 0 Å². The van der Waals surface area contributed by atoms with Gasteiger partial charge in [0.05, 0.1) is 31.0 Å². The first-order valence-electron chi connectivity index (χ1n) is 6.75. The number of benzene rings is 1. The number of hydrogen-bond acceptors (Lipinski definition) is 4. The molecule has 0 aliphatic heterocycles. The molecule has 0 aromatic heterocycles. The maximum atomic E-state index is 11.8. The molecule has 20 heavy (non-hydrogen) atoms. The van der Waals surface area contributed by atoms with Crippen LogP contribution in [0.4, 0.5) is 5.69 Å². The molecular weight excluding hydrogens is 254 g/mol. The predicted octanol–water partition coefficient (Wildman–Crippen LogP) is 2.28. The van der Waals surface area contributed by atoms with Crippen LogP contribution in [0.3, 0.4) is 0 Å². The molecule has 2 N–H and O–H groups in total. The first-order chi connectivity index (χ1) is 9.64. The number of carbonyl (C=O) groups is 1. The van der Waals surface area contributed by atoms with Crippen molar-refractivity contribution in [2.75, 3.05) is 19.0 Å². The second kappa shape index (κ2) is 8.05. The third-order valence-electron chi connectivity index (χ3n) is 3.12. The van der Waals surface area contributed by atoms with E-state index in [1.807, 2.05) is 19.9 Å². The summed E-state index contributed by atoms with van der Waals surface area (Å²) in [5.74, 6) is 0.504. The van der Waals surface area contributed by atoms with E-state index in [2.05, 4.69) is 10.6 Å². The monoisotopic (exact) mass is 275 g/mol. The van der Waals surface area contributed by atoms with Gasteiger partial charge in [0.2, 0.25) is 5.91 Å². The van der Waals surface area contributed by atoms with E-state index in [4.69, 9.17) is 10.00 Å². The molecule has 0 saturated carbocycles. The summed E-state index contributed by atoms with van der Waals surface area (Å²) >= 11 is 0. The largest absolute Gasteiger partial charge is 0.495 e. The highest BCUT2D eigenvalue weighted by Gasteiger charge is 2.09. The lowest BCUT2D eigenvalue weighted by Gasteiger charge is -2.16. The maximum Gasteiger partial charge on any atom is 0.239 e. The van der Waals surface area contributed by atoms with E-state index >= 15 is 0 Å². The van der Waals surface area contributed by atoms with Crippen molar-refractivity contribution in [3.63, 3.8) is 0 Å². The maximum absolute atomic E-state index is 11.8. The van der Waals surface area contributed by atoms with Crippen LogP contribution in [0, 0.1) is 11.3 Å². The lowest BCUT2D eigenvalue weighted by atomic mass is 10.2. The standard InChI is InChI=1S/C15H21N3O2/c1-4-12(5-2)18-15(19)10-17-13-7-6-11(9-16)8-14(13)20-3/h6-8,12,17H,4-5,10H2,1-3H3,(H,18,19). The van der Waals surface area contributed by atoms with Gasteiger partial charge in [0.1, 0.15) is 5.75 Å². The number of ether oxygens (including phenoxy) is 1. The summed E-state index contributed by atoms with van der Waals surface area (Å²) in [6.45, 7) is 4.27. The van der Waals surface area contributed by atoms with Crippen LogP contribution in [-0.2, 0) is 4.79 Å². The van der Waals surface area contributed by atoms with Crippen LogP contribution in [-0.4, -0.2) is 25.6 Å². The summed E-state index contributed by atoms with van der Waals surface area (Å²) in [4.78, 5) is 11.8. The van der Waals surface area contributed by atoms with Gasteiger partial charge < -0.3 is 15.4 Å². The van der Waals surface area contributed by atoms with Crippen LogP contribution in [0.5, 0.6) is 5.75 Å². The number of carbonyl (C=O) groups excluding carboxylic acids is 1. The van der Waals surface area contributed by atoms with Gasteiger partial charge in [-0.05, 0) is 25.0 Å². The molecule has 0 bridgehead atoms. The van der Waals surface area contributed by atoms with Crippen molar-refractivity contribution in [3.05, 3.63) is 23.8 Å². The van der Waals surface area contributed by atoms with Gasteiger partial charge in [-0.25, -0.2) is 0 Å². The third kappa shape index (κ3) is 4.47. The van der Waals surface area contributed by atoms with Crippen molar-refractivity contribution < 1.29 is 9.53 Å². The summed E-state index contributed by atoms with van der Waals surface area (Å²) in [7, 11) is 1.53. The molecule has 0 radical (unpaired) electrons. The quantitative estimate of drug-likeness (QED) is 0.800. The fourth-order valence-corrected chi connectivity index (χ4v) is 1.85. The lowest BCUT2D eigenvalue weighted by molar-refractivity contribution is -0.120. The van der Waals surface area contributed by atoms with E-state index in [0.717, 1.165) is 12.8 Å². The first kappa shape index (κ1) is 15.8. The van der Waals surface area contributed by atoms with E-state index in [1.165, 1.54) is 7.11 Å². The van der Waals surface area contributed by atoms with Gasteiger partial charge in [0.25, 0.3) is 0 Å². The number of anilines is 1. The fraction of sp³-hybridized carbons (Fsp3) is 0.467. The average molecular weight is 275 g/mol. The molecule has 1 amide bonds. The minimum atomic E-state index is -0.0508. The highest BCUT2D eigenvalue weighted by molar-refractivity contribution is 5.81. The van der Waals surface area contributed by atoms with Crippen LogP contribution in [0.2, 0.25) is 0 Å². The summed E-state index contributed by atoms with van der Waals surface area (Å²) in [6, 6.07) is 7.33. The topological polar surface area (TPSA) is 74.2 Å². The Morgan fingerprint density at radius 2 is 2.10 bits per heavy atom. The molecule has 0 aliphatic rings. The molecule has 0 heterocycles. The molecule has 1 aromatic rings. The number of nitriles is 1. The Hall–Kier alpha value is -2.22. The second-order valence-corrected chi connectivity index (χ2v) is 4.46. The van der Waals surface area contributed by atoms with Crippen LogP contribution < -0.4 is 15.4 Å². The Morgan fingerprint density at radius 1 is 1.40 bits per heavy atom. The Balaban J connectivity index is 2.61. The molecule has 1 rings (SSSR count). The zero-order valence-electron chi connectivity index (χ0n) is 12.2. The minimum Gasteiger partial charge on any atom is -0.495 e. The van der Waals surface area contributed by atoms with E-state index in [-0.39, 0.29) is 18.5 Å². The van der Waals surface area contributed by atoms with Crippen molar-refractivity contribution in [1.82, 2.24) is 5.32 Å². The van der Waals surface area contributed by atoms with Crippen molar-refractivity contribution in [2.24, 2.45) is 0 Å². The number of rotatable bonds is 7. The summed E-state index contributed by atoms with van der Waals surface area (Å²) in [6.07, 6.45) is 1.84. The molecular formula is C15H21N3O2. The number of methoxy groups -OCH3 is 1. The van der Waals surface area contributed by atoms with Gasteiger partial charge in [0, 0.05) is 12.1 Å². The lowest BCUT2D eigenvalue weighted by Crippen LogP contribution is -2.37. The average Bonchev–Trinajstić information content (AvgIpc) is 2.50. The van der Waals surface area contributed by atoms with Crippen molar-refractivity contribution in [3.8, 4) is 11.8 Å². The van der Waals surface area contributed by atoms with Crippen LogP contribution in [0.15, 0.2) is 18.2 Å². The molecule has 108 valence electrons. The number of hydrogen-bond donors (Lipinski definition) is 2. The Morgan fingerprint density at radius 3 is 2.65 bits per heavy atom. The molecule has 0 fully saturated rings. The van der Waals surface area contributed by atoms with Gasteiger partial charge in [-0.1, -0.05) is 13.8 Å². The highest BCUT2D eigenvalue weighted by Crippen LogP contribution is 2.24. The van der Waals surface area contributed by atoms with Crippen LogP contribution in [0.25, 0.3) is 0 Å². The molecule has 0 aliphatic carbocycles. The molecule has 0 saturated heterocycles. The summed E-state index contributed by atoms with van der Waals surface area (Å²) in [5, 5.41) is 14.8. The normalized spacial score (nSPS) is 9.95. The number of nitrogens with one attached hydrogen (secondary N) is 2. The van der Waals surface area contributed by atoms with Crippen molar-refractivity contribution >= 4 is 11.6 Å². The van der Waals surface area contributed by atoms with Gasteiger partial charge in [0.15, 0.2) is 0 Å². The molecule has 0 unspecified atom stereocenters. The third-order valence-corrected chi connectivity index (χ3v) is 3.12. The second-order valence-electron chi connectivity index (χ2n) is 4.46. The fourth-order valence-electron chi connectivity index (χ4n) is 1.85. The summed E-state index contributed by atoms with van der Waals surface area (Å²) in [5.41, 5.74) is 1.22. The van der Waals surface area contributed by atoms with Gasteiger partial charge >= 0.3 is 0 Å². The Kier molecular flexibility index (Phi) is 6.38. The van der Waals surface area contributed by atoms with E-state index in [0.29, 0.717) is 17.0 Å². The zero-order chi connectivity index (χ0) is 15.0. The first-order valence-corrected chi connectivity index (χ1v) is 6.75. The number of amides is 1. The van der Waals surface area contributed by atoms with E-state index in [1.54, 1.807) is 18.2 Å². The van der Waals surface area contributed by atoms with Crippen molar-refractivity contribution in [2.45, 2.75) is 32.7 Å². The molecule has 0 atom stereocenters. The van der Waals surface area contributed by atoms with Crippen molar-refractivity contribution in [1.29, 1.82) is 5.26 Å². The molecule has 5 nitrogen and oxygen atoms in total. The SMILES string of the molecule is CCC(CC)NC(=O)CNc1ccc(C#N)cc1OC. The molecule has 5 heteroatoms.